The van der Waals surface area contributed by atoms with Crippen molar-refractivity contribution < 1.29 is 13.5 Å². The summed E-state index contributed by atoms with van der Waals surface area (Å²) in [5.41, 5.74) is 0.608. The van der Waals surface area contributed by atoms with Crippen LogP contribution in [-0.4, -0.2) is 39.2 Å². The number of nitrogens with zero attached hydrogens (tertiary/aromatic N) is 5. The van der Waals surface area contributed by atoms with Gasteiger partial charge in [0.15, 0.2) is 5.82 Å². The molecule has 0 amide bonds. The predicted octanol–water partition coefficient (Wildman–Crippen LogP) is 2.09. The Morgan fingerprint density at radius 1 is 1.21 bits per heavy atom. The first kappa shape index (κ1) is 18.2. The van der Waals surface area contributed by atoms with Crippen LogP contribution in [0.2, 0.25) is 0 Å². The molecule has 0 aliphatic carbocycles. The summed E-state index contributed by atoms with van der Waals surface area (Å²) in [5.74, 6) is -0.587. The Bertz CT molecular complexity index is 1050. The maximum absolute atomic E-state index is 14.1. The van der Waals surface area contributed by atoms with Gasteiger partial charge in [0.2, 0.25) is 5.95 Å². The van der Waals surface area contributed by atoms with Gasteiger partial charge in [-0.25, -0.2) is 23.7 Å². The summed E-state index contributed by atoms with van der Waals surface area (Å²) in [6.07, 6.45) is 1.93. The zero-order valence-electron chi connectivity index (χ0n) is 15.0. The van der Waals surface area contributed by atoms with Crippen LogP contribution in [0.15, 0.2) is 47.7 Å². The van der Waals surface area contributed by atoms with Crippen molar-refractivity contribution in [2.45, 2.75) is 6.10 Å². The van der Waals surface area contributed by atoms with Gasteiger partial charge in [0.1, 0.15) is 29.6 Å². The highest BCUT2D eigenvalue weighted by molar-refractivity contribution is 5.56. The van der Waals surface area contributed by atoms with E-state index in [4.69, 9.17) is 4.74 Å². The van der Waals surface area contributed by atoms with E-state index in [2.05, 4.69) is 15.0 Å². The van der Waals surface area contributed by atoms with Crippen molar-refractivity contribution in [3.63, 3.8) is 0 Å². The average molecular weight is 385 g/mol. The highest BCUT2D eigenvalue weighted by atomic mass is 19.1. The monoisotopic (exact) mass is 385 g/mol. The smallest absolute Gasteiger partial charge is 0.255 e. The second-order valence-corrected chi connectivity index (χ2v) is 6.41. The molecule has 2 aromatic heterocycles. The fourth-order valence-corrected chi connectivity index (χ4v) is 3.14. The highest BCUT2D eigenvalue weighted by Gasteiger charge is 2.25. The average Bonchev–Trinajstić information content (AvgIpc) is 2.71. The minimum atomic E-state index is -0.652. The number of morpholine rings is 1. The SMILES string of the molecule is Cn1c(N2CCO[C@@H](c3ccc(F)cc3)C2)nc(-c2ncncc2F)cc1=O. The van der Waals surface area contributed by atoms with E-state index in [1.54, 1.807) is 19.2 Å². The largest absolute Gasteiger partial charge is 0.370 e. The molecule has 1 aliphatic rings. The van der Waals surface area contributed by atoms with Gasteiger partial charge in [0, 0.05) is 19.7 Å². The number of ether oxygens (including phenoxy) is 1. The van der Waals surface area contributed by atoms with Gasteiger partial charge in [-0.1, -0.05) is 12.1 Å². The molecule has 1 fully saturated rings. The van der Waals surface area contributed by atoms with Crippen molar-refractivity contribution >= 4 is 5.95 Å². The molecule has 0 radical (unpaired) electrons. The molecule has 144 valence electrons. The second kappa shape index (κ2) is 7.43. The van der Waals surface area contributed by atoms with Crippen LogP contribution in [0.1, 0.15) is 11.7 Å². The molecule has 0 N–H and O–H groups in total. The Hall–Kier alpha value is -3.20. The van der Waals surface area contributed by atoms with Crippen LogP contribution in [-0.2, 0) is 11.8 Å². The number of benzene rings is 1. The number of aromatic nitrogens is 4. The Morgan fingerprint density at radius 3 is 2.75 bits per heavy atom. The molecule has 0 spiro atoms. The molecule has 4 rings (SSSR count). The van der Waals surface area contributed by atoms with Crippen LogP contribution in [0.25, 0.3) is 11.4 Å². The summed E-state index contributed by atoms with van der Waals surface area (Å²) < 4.78 is 34.4. The molecule has 0 unspecified atom stereocenters. The summed E-state index contributed by atoms with van der Waals surface area (Å²) in [5, 5.41) is 0. The van der Waals surface area contributed by atoms with Crippen molar-refractivity contribution in [3.8, 4) is 11.4 Å². The van der Waals surface area contributed by atoms with Crippen LogP contribution in [0, 0.1) is 11.6 Å². The fourth-order valence-electron chi connectivity index (χ4n) is 3.14. The molecule has 0 bridgehead atoms. The molecule has 3 aromatic rings. The molecule has 28 heavy (non-hydrogen) atoms. The summed E-state index contributed by atoms with van der Waals surface area (Å²) in [6, 6.07) is 7.34. The lowest BCUT2D eigenvalue weighted by molar-refractivity contribution is 0.0389. The van der Waals surface area contributed by atoms with E-state index in [0.717, 1.165) is 11.8 Å². The van der Waals surface area contributed by atoms with Gasteiger partial charge in [-0.2, -0.15) is 0 Å². The van der Waals surface area contributed by atoms with Crippen LogP contribution < -0.4 is 10.5 Å². The minimum Gasteiger partial charge on any atom is -0.370 e. The standard InChI is InChI=1S/C19H17F2N5O2/c1-25-17(27)8-15(18-14(21)9-22-11-23-18)24-19(25)26-6-7-28-16(10-26)12-2-4-13(20)5-3-12/h2-5,8-9,11,16H,6-7,10H2,1H3/t16-/m1/s1. The van der Waals surface area contributed by atoms with Crippen LogP contribution in [0.5, 0.6) is 0 Å². The number of anilines is 1. The topological polar surface area (TPSA) is 73.1 Å². The maximum Gasteiger partial charge on any atom is 0.255 e. The van der Waals surface area contributed by atoms with E-state index in [9.17, 15) is 13.6 Å². The zero-order valence-corrected chi connectivity index (χ0v) is 15.0. The van der Waals surface area contributed by atoms with Crippen molar-refractivity contribution in [1.29, 1.82) is 0 Å². The normalized spacial score (nSPS) is 17.0. The third-order valence-corrected chi connectivity index (χ3v) is 4.61. The van der Waals surface area contributed by atoms with Gasteiger partial charge in [-0.3, -0.25) is 9.36 Å². The molecule has 1 saturated heterocycles. The summed E-state index contributed by atoms with van der Waals surface area (Å²) in [4.78, 5) is 26.3. The van der Waals surface area contributed by atoms with Crippen molar-refractivity contribution in [1.82, 2.24) is 19.5 Å². The van der Waals surface area contributed by atoms with Gasteiger partial charge in [0.25, 0.3) is 5.56 Å². The molecular weight excluding hydrogens is 368 g/mol. The van der Waals surface area contributed by atoms with Crippen molar-refractivity contribution in [2.75, 3.05) is 24.6 Å². The van der Waals surface area contributed by atoms with E-state index in [-0.39, 0.29) is 28.9 Å². The van der Waals surface area contributed by atoms with Crippen LogP contribution in [0.4, 0.5) is 14.7 Å². The lowest BCUT2D eigenvalue weighted by Gasteiger charge is -2.34. The first-order valence-corrected chi connectivity index (χ1v) is 8.69. The summed E-state index contributed by atoms with van der Waals surface area (Å²) in [6.45, 7) is 1.33. The van der Waals surface area contributed by atoms with E-state index < -0.39 is 5.82 Å². The zero-order chi connectivity index (χ0) is 19.7. The minimum absolute atomic E-state index is 0.0303. The molecule has 0 saturated carbocycles. The van der Waals surface area contributed by atoms with Gasteiger partial charge in [-0.15, -0.1) is 0 Å². The Morgan fingerprint density at radius 2 is 2.00 bits per heavy atom. The molecule has 1 aromatic carbocycles. The first-order valence-electron chi connectivity index (χ1n) is 8.69. The second-order valence-electron chi connectivity index (χ2n) is 6.41. The van der Waals surface area contributed by atoms with Crippen LogP contribution >= 0.6 is 0 Å². The van der Waals surface area contributed by atoms with Gasteiger partial charge in [-0.05, 0) is 17.7 Å². The summed E-state index contributed by atoms with van der Waals surface area (Å²) in [7, 11) is 1.60. The Labute approximate surface area is 159 Å². The quantitative estimate of drug-likeness (QED) is 0.688. The van der Waals surface area contributed by atoms with Gasteiger partial charge >= 0.3 is 0 Å². The molecule has 3 heterocycles. The number of rotatable bonds is 3. The lowest BCUT2D eigenvalue weighted by Crippen LogP contribution is -2.41. The van der Waals surface area contributed by atoms with E-state index in [1.165, 1.54) is 29.1 Å². The molecular formula is C19H17F2N5O2. The Balaban J connectivity index is 1.69. The van der Waals surface area contributed by atoms with Gasteiger partial charge < -0.3 is 9.64 Å². The molecule has 1 atom stereocenters. The fraction of sp³-hybridized carbons (Fsp3) is 0.263. The Kier molecular flexibility index (Phi) is 4.82. The summed E-state index contributed by atoms with van der Waals surface area (Å²) >= 11 is 0. The third kappa shape index (κ3) is 3.48. The maximum atomic E-state index is 14.1. The lowest BCUT2D eigenvalue weighted by atomic mass is 10.1. The number of hydrogen-bond acceptors (Lipinski definition) is 6. The van der Waals surface area contributed by atoms with E-state index in [0.29, 0.717) is 25.6 Å². The number of halogens is 2. The van der Waals surface area contributed by atoms with Crippen molar-refractivity contribution in [2.24, 2.45) is 7.05 Å². The van der Waals surface area contributed by atoms with Crippen molar-refractivity contribution in [3.05, 3.63) is 70.4 Å². The third-order valence-electron chi connectivity index (χ3n) is 4.61. The molecule has 7 nitrogen and oxygen atoms in total. The predicted molar refractivity (Wildman–Crippen MR) is 97.8 cm³/mol. The van der Waals surface area contributed by atoms with Gasteiger partial charge in [0.05, 0.1) is 19.3 Å². The molecule has 1 aliphatic heterocycles. The first-order chi connectivity index (χ1) is 13.5. The van der Waals surface area contributed by atoms with Crippen LogP contribution in [0.3, 0.4) is 0 Å². The van der Waals surface area contributed by atoms with E-state index in [1.807, 2.05) is 4.90 Å². The number of hydrogen-bond donors (Lipinski definition) is 0. The van der Waals surface area contributed by atoms with E-state index >= 15 is 0 Å². The molecule has 9 heteroatoms. The highest BCUT2D eigenvalue weighted by Crippen LogP contribution is 2.26.